The molecule has 0 fully saturated rings. The standard InChI is InChI=1S/C15H12ClNO2/c16-14-3-1-2-10-8-11(17-15(10)14)9-19-13-6-4-12(18)5-7-13/h1-8,17-18H,9H2. The molecule has 0 spiro atoms. The van der Waals surface area contributed by atoms with Crippen molar-refractivity contribution in [1.82, 2.24) is 4.98 Å². The summed E-state index contributed by atoms with van der Waals surface area (Å²) in [4.78, 5) is 3.24. The Hall–Kier alpha value is -2.13. The predicted octanol–water partition coefficient (Wildman–Crippen LogP) is 4.11. The lowest BCUT2D eigenvalue weighted by Gasteiger charge is -2.04. The minimum Gasteiger partial charge on any atom is -0.508 e. The zero-order chi connectivity index (χ0) is 13.2. The Balaban J connectivity index is 1.78. The van der Waals surface area contributed by atoms with Gasteiger partial charge in [-0.2, -0.15) is 0 Å². The first-order chi connectivity index (χ1) is 9.22. The Morgan fingerprint density at radius 3 is 2.63 bits per heavy atom. The van der Waals surface area contributed by atoms with E-state index in [1.165, 1.54) is 0 Å². The van der Waals surface area contributed by atoms with Gasteiger partial charge in [0.15, 0.2) is 0 Å². The Labute approximate surface area is 115 Å². The van der Waals surface area contributed by atoms with Gasteiger partial charge in [-0.1, -0.05) is 23.7 Å². The molecule has 96 valence electrons. The van der Waals surface area contributed by atoms with Gasteiger partial charge >= 0.3 is 0 Å². The van der Waals surface area contributed by atoms with Crippen molar-refractivity contribution in [2.75, 3.05) is 0 Å². The Kier molecular flexibility index (Phi) is 3.05. The molecule has 0 unspecified atom stereocenters. The second-order valence-electron chi connectivity index (χ2n) is 4.28. The summed E-state index contributed by atoms with van der Waals surface area (Å²) in [5.74, 6) is 0.937. The van der Waals surface area contributed by atoms with E-state index in [-0.39, 0.29) is 5.75 Å². The van der Waals surface area contributed by atoms with Gasteiger partial charge in [0.05, 0.1) is 16.2 Å². The fourth-order valence-corrected chi connectivity index (χ4v) is 2.19. The van der Waals surface area contributed by atoms with Crippen molar-refractivity contribution < 1.29 is 9.84 Å². The van der Waals surface area contributed by atoms with Gasteiger partial charge in [-0.25, -0.2) is 0 Å². The number of aromatic nitrogens is 1. The van der Waals surface area contributed by atoms with Gasteiger partial charge < -0.3 is 14.8 Å². The molecular formula is C15H12ClNO2. The molecular weight excluding hydrogens is 262 g/mol. The van der Waals surface area contributed by atoms with Crippen LogP contribution in [-0.4, -0.2) is 10.1 Å². The number of aromatic hydroxyl groups is 1. The molecule has 1 aromatic heterocycles. The van der Waals surface area contributed by atoms with E-state index in [9.17, 15) is 5.11 Å². The molecule has 2 aromatic carbocycles. The van der Waals surface area contributed by atoms with E-state index in [4.69, 9.17) is 16.3 Å². The Morgan fingerprint density at radius 1 is 1.11 bits per heavy atom. The van der Waals surface area contributed by atoms with E-state index in [0.717, 1.165) is 16.6 Å². The molecule has 0 saturated heterocycles. The number of benzene rings is 2. The largest absolute Gasteiger partial charge is 0.508 e. The number of nitrogens with one attached hydrogen (secondary N) is 1. The van der Waals surface area contributed by atoms with Crippen LogP contribution in [0, 0.1) is 0 Å². The number of phenols is 1. The number of hydrogen-bond donors (Lipinski definition) is 2. The highest BCUT2D eigenvalue weighted by Gasteiger charge is 2.04. The Morgan fingerprint density at radius 2 is 1.89 bits per heavy atom. The highest BCUT2D eigenvalue weighted by Crippen LogP contribution is 2.24. The summed E-state index contributed by atoms with van der Waals surface area (Å²) < 4.78 is 5.63. The number of para-hydroxylation sites is 1. The average molecular weight is 274 g/mol. The van der Waals surface area contributed by atoms with Crippen LogP contribution in [0.3, 0.4) is 0 Å². The molecule has 0 bridgehead atoms. The van der Waals surface area contributed by atoms with Crippen molar-refractivity contribution >= 4 is 22.5 Å². The highest BCUT2D eigenvalue weighted by atomic mass is 35.5. The molecule has 3 nitrogen and oxygen atoms in total. The molecule has 19 heavy (non-hydrogen) atoms. The third kappa shape index (κ3) is 2.51. The van der Waals surface area contributed by atoms with Crippen molar-refractivity contribution in [2.24, 2.45) is 0 Å². The monoisotopic (exact) mass is 273 g/mol. The summed E-state index contributed by atoms with van der Waals surface area (Å²) in [7, 11) is 0. The molecule has 0 aliphatic carbocycles. The molecule has 4 heteroatoms. The molecule has 2 N–H and O–H groups in total. The van der Waals surface area contributed by atoms with Crippen LogP contribution in [0.1, 0.15) is 5.69 Å². The summed E-state index contributed by atoms with van der Waals surface area (Å²) in [6.45, 7) is 0.426. The number of halogens is 1. The zero-order valence-electron chi connectivity index (χ0n) is 10.1. The maximum atomic E-state index is 9.19. The summed E-state index contributed by atoms with van der Waals surface area (Å²) in [5, 5.41) is 11.0. The van der Waals surface area contributed by atoms with E-state index >= 15 is 0 Å². The first-order valence-electron chi connectivity index (χ1n) is 5.90. The molecule has 0 radical (unpaired) electrons. The first kappa shape index (κ1) is 11.9. The molecule has 0 atom stereocenters. The number of rotatable bonds is 3. The minimum atomic E-state index is 0.227. The van der Waals surface area contributed by atoms with Crippen LogP contribution in [0.15, 0.2) is 48.5 Å². The zero-order valence-corrected chi connectivity index (χ0v) is 10.8. The number of aromatic amines is 1. The van der Waals surface area contributed by atoms with Gasteiger partial charge in [0.2, 0.25) is 0 Å². The van der Waals surface area contributed by atoms with Crippen LogP contribution in [0.2, 0.25) is 5.02 Å². The van der Waals surface area contributed by atoms with Gasteiger partial charge in [-0.3, -0.25) is 0 Å². The summed E-state index contributed by atoms with van der Waals surface area (Å²) in [5.41, 5.74) is 1.88. The molecule has 3 aromatic rings. The van der Waals surface area contributed by atoms with Crippen molar-refractivity contribution in [3.63, 3.8) is 0 Å². The Bertz CT molecular complexity index is 704. The van der Waals surface area contributed by atoms with Gasteiger partial charge in [0.25, 0.3) is 0 Å². The second-order valence-corrected chi connectivity index (χ2v) is 4.69. The number of phenolic OH excluding ortho intramolecular Hbond substituents is 1. The highest BCUT2D eigenvalue weighted by molar-refractivity contribution is 6.35. The minimum absolute atomic E-state index is 0.227. The molecule has 1 heterocycles. The number of H-pyrrole nitrogens is 1. The van der Waals surface area contributed by atoms with Crippen molar-refractivity contribution in [3.8, 4) is 11.5 Å². The van der Waals surface area contributed by atoms with Crippen molar-refractivity contribution in [3.05, 3.63) is 59.2 Å². The molecule has 0 amide bonds. The maximum Gasteiger partial charge on any atom is 0.128 e. The lowest BCUT2D eigenvalue weighted by molar-refractivity contribution is 0.302. The van der Waals surface area contributed by atoms with Crippen LogP contribution in [0.25, 0.3) is 10.9 Å². The lowest BCUT2D eigenvalue weighted by atomic mass is 10.2. The van der Waals surface area contributed by atoms with Crippen LogP contribution >= 0.6 is 11.6 Å². The van der Waals surface area contributed by atoms with E-state index in [2.05, 4.69) is 4.98 Å². The summed E-state index contributed by atoms with van der Waals surface area (Å²) in [6.07, 6.45) is 0. The van der Waals surface area contributed by atoms with E-state index < -0.39 is 0 Å². The van der Waals surface area contributed by atoms with Crippen LogP contribution in [-0.2, 0) is 6.61 Å². The number of ether oxygens (including phenoxy) is 1. The molecule has 3 rings (SSSR count). The fraction of sp³-hybridized carbons (Fsp3) is 0.0667. The molecule has 0 aliphatic heterocycles. The third-order valence-electron chi connectivity index (χ3n) is 2.89. The predicted molar refractivity (Wildman–Crippen MR) is 75.7 cm³/mol. The van der Waals surface area contributed by atoms with Gasteiger partial charge in [-0.15, -0.1) is 0 Å². The third-order valence-corrected chi connectivity index (χ3v) is 3.21. The van der Waals surface area contributed by atoms with Gasteiger partial charge in [0, 0.05) is 5.39 Å². The molecule has 0 aliphatic rings. The van der Waals surface area contributed by atoms with Crippen LogP contribution in [0.4, 0.5) is 0 Å². The average Bonchev–Trinajstić information content (AvgIpc) is 2.83. The van der Waals surface area contributed by atoms with Gasteiger partial charge in [0.1, 0.15) is 18.1 Å². The van der Waals surface area contributed by atoms with Crippen LogP contribution < -0.4 is 4.74 Å². The van der Waals surface area contributed by atoms with E-state index in [1.807, 2.05) is 24.3 Å². The SMILES string of the molecule is Oc1ccc(OCc2cc3cccc(Cl)c3[nH]2)cc1. The van der Waals surface area contributed by atoms with Crippen molar-refractivity contribution in [1.29, 1.82) is 0 Å². The summed E-state index contributed by atoms with van der Waals surface area (Å²) >= 11 is 6.11. The topological polar surface area (TPSA) is 45.2 Å². The fourth-order valence-electron chi connectivity index (χ4n) is 1.96. The smallest absolute Gasteiger partial charge is 0.128 e. The van der Waals surface area contributed by atoms with E-state index in [0.29, 0.717) is 17.4 Å². The quantitative estimate of drug-likeness (QED) is 0.754. The summed E-state index contributed by atoms with van der Waals surface area (Å²) in [6, 6.07) is 14.4. The lowest BCUT2D eigenvalue weighted by Crippen LogP contribution is -1.94. The first-order valence-corrected chi connectivity index (χ1v) is 6.28. The maximum absolute atomic E-state index is 9.19. The van der Waals surface area contributed by atoms with Crippen LogP contribution in [0.5, 0.6) is 11.5 Å². The molecule has 0 saturated carbocycles. The second kappa shape index (κ2) is 4.86. The normalized spacial score (nSPS) is 10.8. The number of fused-ring (bicyclic) bond motifs is 1. The van der Waals surface area contributed by atoms with Gasteiger partial charge in [-0.05, 0) is 36.4 Å². The van der Waals surface area contributed by atoms with E-state index in [1.54, 1.807) is 24.3 Å². The number of hydrogen-bond acceptors (Lipinski definition) is 2. The van der Waals surface area contributed by atoms with Crippen molar-refractivity contribution in [2.45, 2.75) is 6.61 Å².